The summed E-state index contributed by atoms with van der Waals surface area (Å²) in [5.41, 5.74) is 6.09. The van der Waals surface area contributed by atoms with Gasteiger partial charge in [0.05, 0.1) is 13.1 Å². The van der Waals surface area contributed by atoms with Crippen molar-refractivity contribution < 1.29 is 17.9 Å². The number of halogens is 3. The SMILES string of the molecule is CCN(CCOc1ccc(C#CCN)cc1)CC(F)(F)F. The molecule has 1 aromatic rings. The van der Waals surface area contributed by atoms with E-state index in [2.05, 4.69) is 11.8 Å². The first-order valence-electron chi connectivity index (χ1n) is 6.65. The first-order chi connectivity index (χ1) is 9.94. The number of nitrogens with zero attached hydrogens (tertiary/aromatic N) is 1. The number of ether oxygens (including phenoxy) is 1. The molecule has 0 atom stereocenters. The third kappa shape index (κ3) is 7.59. The molecule has 3 nitrogen and oxygen atoms in total. The van der Waals surface area contributed by atoms with E-state index in [0.717, 1.165) is 5.56 Å². The molecule has 0 aliphatic rings. The van der Waals surface area contributed by atoms with Crippen LogP contribution in [0, 0.1) is 11.8 Å². The largest absolute Gasteiger partial charge is 0.492 e. The van der Waals surface area contributed by atoms with Gasteiger partial charge in [-0.25, -0.2) is 0 Å². The van der Waals surface area contributed by atoms with Gasteiger partial charge < -0.3 is 10.5 Å². The van der Waals surface area contributed by atoms with E-state index in [9.17, 15) is 13.2 Å². The molecule has 0 aliphatic carbocycles. The normalized spacial score (nSPS) is 11.1. The van der Waals surface area contributed by atoms with Crippen LogP contribution >= 0.6 is 0 Å². The molecule has 0 amide bonds. The van der Waals surface area contributed by atoms with Gasteiger partial charge in [-0.05, 0) is 30.8 Å². The van der Waals surface area contributed by atoms with Crippen molar-refractivity contribution in [3.8, 4) is 17.6 Å². The van der Waals surface area contributed by atoms with E-state index in [4.69, 9.17) is 10.5 Å². The summed E-state index contributed by atoms with van der Waals surface area (Å²) in [4.78, 5) is 1.29. The van der Waals surface area contributed by atoms with E-state index >= 15 is 0 Å². The van der Waals surface area contributed by atoms with Crippen LogP contribution in [0.1, 0.15) is 12.5 Å². The molecule has 0 aliphatic heterocycles. The maximum Gasteiger partial charge on any atom is 0.401 e. The lowest BCUT2D eigenvalue weighted by Crippen LogP contribution is -2.36. The predicted molar refractivity (Wildman–Crippen MR) is 76.0 cm³/mol. The molecule has 6 heteroatoms. The smallest absolute Gasteiger partial charge is 0.401 e. The number of hydrogen-bond acceptors (Lipinski definition) is 3. The van der Waals surface area contributed by atoms with Gasteiger partial charge in [0.25, 0.3) is 0 Å². The second-order valence-corrected chi connectivity index (χ2v) is 4.36. The van der Waals surface area contributed by atoms with Crippen molar-refractivity contribution in [2.24, 2.45) is 5.73 Å². The lowest BCUT2D eigenvalue weighted by atomic mass is 10.2. The first-order valence-corrected chi connectivity index (χ1v) is 6.65. The Bertz CT molecular complexity index is 474. The van der Waals surface area contributed by atoms with E-state index < -0.39 is 12.7 Å². The fourth-order valence-corrected chi connectivity index (χ4v) is 1.68. The lowest BCUT2D eigenvalue weighted by molar-refractivity contribution is -0.146. The van der Waals surface area contributed by atoms with Crippen molar-refractivity contribution in [3.05, 3.63) is 29.8 Å². The van der Waals surface area contributed by atoms with Crippen molar-refractivity contribution >= 4 is 0 Å². The first kappa shape index (κ1) is 17.3. The number of alkyl halides is 3. The van der Waals surface area contributed by atoms with Gasteiger partial charge in [0.15, 0.2) is 0 Å². The molecule has 2 N–H and O–H groups in total. The Morgan fingerprint density at radius 2 is 1.90 bits per heavy atom. The van der Waals surface area contributed by atoms with E-state index in [1.807, 2.05) is 0 Å². The zero-order valence-corrected chi connectivity index (χ0v) is 11.9. The van der Waals surface area contributed by atoms with Gasteiger partial charge >= 0.3 is 6.18 Å². The summed E-state index contributed by atoms with van der Waals surface area (Å²) >= 11 is 0. The van der Waals surface area contributed by atoms with Crippen molar-refractivity contribution in [2.75, 3.05) is 32.8 Å². The summed E-state index contributed by atoms with van der Waals surface area (Å²) < 4.78 is 42.3. The van der Waals surface area contributed by atoms with Crippen LogP contribution < -0.4 is 10.5 Å². The van der Waals surface area contributed by atoms with Gasteiger partial charge in [0, 0.05) is 12.1 Å². The van der Waals surface area contributed by atoms with Crippen LogP contribution in [-0.4, -0.2) is 43.9 Å². The maximum atomic E-state index is 12.3. The number of likely N-dealkylation sites (N-methyl/N-ethyl adjacent to an activating group) is 1. The number of hydrogen-bond donors (Lipinski definition) is 1. The molecule has 21 heavy (non-hydrogen) atoms. The Balaban J connectivity index is 2.41. The molecule has 1 rings (SSSR count). The van der Waals surface area contributed by atoms with Crippen LogP contribution in [0.3, 0.4) is 0 Å². The maximum absolute atomic E-state index is 12.3. The molecule has 0 saturated carbocycles. The van der Waals surface area contributed by atoms with Crippen LogP contribution in [0.4, 0.5) is 13.2 Å². The number of rotatable bonds is 6. The van der Waals surface area contributed by atoms with Crippen molar-refractivity contribution in [2.45, 2.75) is 13.1 Å². The Morgan fingerprint density at radius 3 is 2.43 bits per heavy atom. The number of benzene rings is 1. The van der Waals surface area contributed by atoms with E-state index in [-0.39, 0.29) is 13.2 Å². The minimum atomic E-state index is -4.18. The zero-order valence-electron chi connectivity index (χ0n) is 11.9. The molecule has 0 unspecified atom stereocenters. The highest BCUT2D eigenvalue weighted by Gasteiger charge is 2.29. The fourth-order valence-electron chi connectivity index (χ4n) is 1.68. The standard InChI is InChI=1S/C15H19F3N2O/c1-2-20(12-15(16,17)18)10-11-21-14-7-5-13(6-8-14)4-3-9-19/h5-8H,2,9-12,19H2,1H3. The summed E-state index contributed by atoms with van der Waals surface area (Å²) in [6.45, 7) is 1.83. The summed E-state index contributed by atoms with van der Waals surface area (Å²) in [7, 11) is 0. The summed E-state index contributed by atoms with van der Waals surface area (Å²) in [6, 6.07) is 7.04. The quantitative estimate of drug-likeness (QED) is 0.819. The molecule has 0 radical (unpaired) electrons. The van der Waals surface area contributed by atoms with E-state index in [1.165, 1.54) is 4.90 Å². The molecular formula is C15H19F3N2O. The lowest BCUT2D eigenvalue weighted by Gasteiger charge is -2.21. The third-order valence-electron chi connectivity index (χ3n) is 2.72. The summed E-state index contributed by atoms with van der Waals surface area (Å²) in [6.07, 6.45) is -4.18. The molecule has 0 saturated heterocycles. The minimum Gasteiger partial charge on any atom is -0.492 e. The summed E-state index contributed by atoms with van der Waals surface area (Å²) in [5, 5.41) is 0. The van der Waals surface area contributed by atoms with Crippen LogP contribution in [-0.2, 0) is 0 Å². The third-order valence-corrected chi connectivity index (χ3v) is 2.72. The predicted octanol–water partition coefficient (Wildman–Crippen LogP) is 2.26. The van der Waals surface area contributed by atoms with Crippen LogP contribution in [0.15, 0.2) is 24.3 Å². The fraction of sp³-hybridized carbons (Fsp3) is 0.467. The van der Waals surface area contributed by atoms with Gasteiger partial charge in [0.1, 0.15) is 12.4 Å². The van der Waals surface area contributed by atoms with Gasteiger partial charge in [0.2, 0.25) is 0 Å². The van der Waals surface area contributed by atoms with Crippen molar-refractivity contribution in [3.63, 3.8) is 0 Å². The van der Waals surface area contributed by atoms with E-state index in [0.29, 0.717) is 18.8 Å². The highest BCUT2D eigenvalue weighted by atomic mass is 19.4. The molecule has 116 valence electrons. The zero-order chi connectivity index (χ0) is 15.7. The van der Waals surface area contributed by atoms with E-state index in [1.54, 1.807) is 31.2 Å². The minimum absolute atomic E-state index is 0.206. The summed E-state index contributed by atoms with van der Waals surface area (Å²) in [5.74, 6) is 6.22. The molecule has 0 aromatic heterocycles. The average Bonchev–Trinajstić information content (AvgIpc) is 2.44. The monoisotopic (exact) mass is 300 g/mol. The molecule has 0 bridgehead atoms. The van der Waals surface area contributed by atoms with Crippen molar-refractivity contribution in [1.29, 1.82) is 0 Å². The molecular weight excluding hydrogens is 281 g/mol. The van der Waals surface area contributed by atoms with Gasteiger partial charge in [-0.1, -0.05) is 18.8 Å². The van der Waals surface area contributed by atoms with Crippen LogP contribution in [0.25, 0.3) is 0 Å². The van der Waals surface area contributed by atoms with Gasteiger partial charge in [-0.3, -0.25) is 4.90 Å². The van der Waals surface area contributed by atoms with Crippen LogP contribution in [0.5, 0.6) is 5.75 Å². The average molecular weight is 300 g/mol. The van der Waals surface area contributed by atoms with Crippen LogP contribution in [0.2, 0.25) is 0 Å². The molecule has 1 aromatic carbocycles. The second kappa shape index (κ2) is 8.55. The second-order valence-electron chi connectivity index (χ2n) is 4.36. The molecule has 0 fully saturated rings. The molecule has 0 spiro atoms. The Hall–Kier alpha value is -1.71. The Labute approximate surface area is 122 Å². The molecule has 0 heterocycles. The topological polar surface area (TPSA) is 38.5 Å². The highest BCUT2D eigenvalue weighted by molar-refractivity contribution is 5.38. The Morgan fingerprint density at radius 1 is 1.24 bits per heavy atom. The highest BCUT2D eigenvalue weighted by Crippen LogP contribution is 2.16. The van der Waals surface area contributed by atoms with Gasteiger partial charge in [-0.15, -0.1) is 0 Å². The Kier molecular flexibility index (Phi) is 7.06. The number of nitrogens with two attached hydrogens (primary N) is 1. The van der Waals surface area contributed by atoms with Crippen molar-refractivity contribution in [1.82, 2.24) is 4.90 Å². The van der Waals surface area contributed by atoms with Gasteiger partial charge in [-0.2, -0.15) is 13.2 Å².